The molecule has 0 saturated heterocycles. The lowest BCUT2D eigenvalue weighted by Gasteiger charge is -2.19. The van der Waals surface area contributed by atoms with E-state index in [1.165, 1.54) is 30.3 Å². The van der Waals surface area contributed by atoms with Crippen LogP contribution in [0.2, 0.25) is 0 Å². The third-order valence-electron chi connectivity index (χ3n) is 5.27. The molecule has 2 heterocycles. The lowest BCUT2D eigenvalue weighted by atomic mass is 9.88. The van der Waals surface area contributed by atoms with Crippen molar-refractivity contribution in [2.75, 3.05) is 10.6 Å². The topological polar surface area (TPSA) is 84.0 Å². The van der Waals surface area contributed by atoms with Crippen molar-refractivity contribution in [2.24, 2.45) is 5.92 Å². The maximum Gasteiger partial charge on any atom is 0.257 e. The lowest BCUT2D eigenvalue weighted by molar-refractivity contribution is 0.101. The number of benzene rings is 1. The highest BCUT2D eigenvalue weighted by molar-refractivity contribution is 7.15. The minimum absolute atomic E-state index is 0.233. The van der Waals surface area contributed by atoms with Crippen LogP contribution < -0.4 is 10.6 Å². The Morgan fingerprint density at radius 1 is 1.13 bits per heavy atom. The SMILES string of the molecule is CCC[C@@H]1CCc2nc(NC(=O)c3cccc(NC(=O)c4cccnc4)c3)sc2C1. The number of carbonyl (C=O) groups is 2. The van der Waals surface area contributed by atoms with Gasteiger partial charge in [-0.25, -0.2) is 4.98 Å². The number of amides is 2. The average molecular weight is 421 g/mol. The zero-order valence-corrected chi connectivity index (χ0v) is 17.7. The van der Waals surface area contributed by atoms with Crippen LogP contribution in [0.5, 0.6) is 0 Å². The molecule has 1 aliphatic carbocycles. The molecule has 0 bridgehead atoms. The number of pyridine rings is 1. The van der Waals surface area contributed by atoms with Crippen LogP contribution in [0.25, 0.3) is 0 Å². The molecule has 0 radical (unpaired) electrons. The largest absolute Gasteiger partial charge is 0.322 e. The van der Waals surface area contributed by atoms with Gasteiger partial charge in [-0.15, -0.1) is 11.3 Å². The summed E-state index contributed by atoms with van der Waals surface area (Å²) < 4.78 is 0. The quantitative estimate of drug-likeness (QED) is 0.591. The third-order valence-corrected chi connectivity index (χ3v) is 6.30. The number of hydrogen-bond donors (Lipinski definition) is 2. The molecule has 1 aromatic carbocycles. The van der Waals surface area contributed by atoms with Crippen molar-refractivity contribution < 1.29 is 9.59 Å². The molecule has 0 unspecified atom stereocenters. The number of rotatable bonds is 6. The molecule has 154 valence electrons. The number of aryl methyl sites for hydroxylation is 1. The van der Waals surface area contributed by atoms with Gasteiger partial charge >= 0.3 is 0 Å². The first-order valence-corrected chi connectivity index (χ1v) is 11.1. The van der Waals surface area contributed by atoms with Gasteiger partial charge in [-0.05, 0) is 55.5 Å². The Labute approximate surface area is 179 Å². The van der Waals surface area contributed by atoms with Crippen molar-refractivity contribution in [1.82, 2.24) is 9.97 Å². The van der Waals surface area contributed by atoms with Gasteiger partial charge in [-0.3, -0.25) is 19.9 Å². The molecule has 7 heteroatoms. The molecule has 2 aromatic heterocycles. The van der Waals surface area contributed by atoms with Gasteiger partial charge in [0, 0.05) is 28.5 Å². The van der Waals surface area contributed by atoms with Crippen LogP contribution in [0.1, 0.15) is 57.5 Å². The summed E-state index contributed by atoms with van der Waals surface area (Å²) in [5.74, 6) is 0.227. The second kappa shape index (κ2) is 9.17. The summed E-state index contributed by atoms with van der Waals surface area (Å²) in [6.45, 7) is 2.22. The molecule has 0 spiro atoms. The van der Waals surface area contributed by atoms with Crippen molar-refractivity contribution in [1.29, 1.82) is 0 Å². The summed E-state index contributed by atoms with van der Waals surface area (Å²) in [4.78, 5) is 34.9. The van der Waals surface area contributed by atoms with E-state index in [4.69, 9.17) is 0 Å². The first kappa shape index (κ1) is 20.2. The molecule has 3 aromatic rings. The molecule has 0 aliphatic heterocycles. The molecule has 2 N–H and O–H groups in total. The number of fused-ring (bicyclic) bond motifs is 1. The summed E-state index contributed by atoms with van der Waals surface area (Å²) in [7, 11) is 0. The molecule has 0 fully saturated rings. The number of nitrogens with zero attached hydrogens (tertiary/aromatic N) is 2. The highest BCUT2D eigenvalue weighted by atomic mass is 32.1. The Balaban J connectivity index is 1.42. The van der Waals surface area contributed by atoms with Crippen molar-refractivity contribution in [3.8, 4) is 0 Å². The summed E-state index contributed by atoms with van der Waals surface area (Å²) >= 11 is 1.58. The molecule has 30 heavy (non-hydrogen) atoms. The highest BCUT2D eigenvalue weighted by Gasteiger charge is 2.22. The van der Waals surface area contributed by atoms with Crippen molar-refractivity contribution in [3.05, 3.63) is 70.5 Å². The zero-order chi connectivity index (χ0) is 20.9. The Morgan fingerprint density at radius 2 is 1.97 bits per heavy atom. The molecule has 1 atom stereocenters. The zero-order valence-electron chi connectivity index (χ0n) is 16.9. The Hall–Kier alpha value is -3.06. The smallest absolute Gasteiger partial charge is 0.257 e. The number of thiazole rings is 1. The summed E-state index contributed by atoms with van der Waals surface area (Å²) in [6.07, 6.45) is 8.79. The first-order valence-electron chi connectivity index (χ1n) is 10.2. The van der Waals surface area contributed by atoms with Gasteiger partial charge in [0.25, 0.3) is 11.8 Å². The fourth-order valence-electron chi connectivity index (χ4n) is 3.76. The fourth-order valence-corrected chi connectivity index (χ4v) is 4.88. The second-order valence-electron chi connectivity index (χ2n) is 7.52. The third kappa shape index (κ3) is 4.74. The van der Waals surface area contributed by atoms with Crippen LogP contribution in [-0.4, -0.2) is 21.8 Å². The van der Waals surface area contributed by atoms with Gasteiger partial charge in [0.1, 0.15) is 0 Å². The van der Waals surface area contributed by atoms with Crippen LogP contribution in [-0.2, 0) is 12.8 Å². The van der Waals surface area contributed by atoms with Gasteiger partial charge in [0.2, 0.25) is 0 Å². The van der Waals surface area contributed by atoms with Crippen molar-refractivity contribution in [3.63, 3.8) is 0 Å². The van der Waals surface area contributed by atoms with Gasteiger partial charge in [-0.1, -0.05) is 25.8 Å². The fraction of sp³-hybridized carbons (Fsp3) is 0.304. The molecule has 6 nitrogen and oxygen atoms in total. The Morgan fingerprint density at radius 3 is 2.77 bits per heavy atom. The molecular weight excluding hydrogens is 396 g/mol. The summed E-state index contributed by atoms with van der Waals surface area (Å²) in [5, 5.41) is 6.37. The van der Waals surface area contributed by atoms with E-state index in [0.29, 0.717) is 21.9 Å². The normalized spacial score (nSPS) is 15.3. The van der Waals surface area contributed by atoms with Crippen molar-refractivity contribution >= 4 is 34.0 Å². The number of carbonyl (C=O) groups excluding carboxylic acids is 2. The van der Waals surface area contributed by atoms with E-state index in [2.05, 4.69) is 27.5 Å². The van der Waals surface area contributed by atoms with E-state index in [0.717, 1.165) is 24.5 Å². The predicted octanol–water partition coefficient (Wildman–Crippen LogP) is 4.95. The maximum atomic E-state index is 12.7. The minimum atomic E-state index is -0.269. The van der Waals surface area contributed by atoms with Crippen LogP contribution in [0.3, 0.4) is 0 Å². The molecule has 2 amide bonds. The summed E-state index contributed by atoms with van der Waals surface area (Å²) in [6, 6.07) is 10.3. The average Bonchev–Trinajstić information content (AvgIpc) is 3.16. The monoisotopic (exact) mass is 420 g/mol. The Kier molecular flexibility index (Phi) is 6.18. The number of anilines is 2. The highest BCUT2D eigenvalue weighted by Crippen LogP contribution is 2.34. The van der Waals surface area contributed by atoms with Crippen LogP contribution >= 0.6 is 11.3 Å². The first-order chi connectivity index (χ1) is 14.6. The van der Waals surface area contributed by atoms with E-state index in [-0.39, 0.29) is 11.8 Å². The Bertz CT molecular complexity index is 1050. The number of nitrogens with one attached hydrogen (secondary N) is 2. The predicted molar refractivity (Wildman–Crippen MR) is 119 cm³/mol. The number of aromatic nitrogens is 2. The molecule has 4 rings (SSSR count). The minimum Gasteiger partial charge on any atom is -0.322 e. The molecular formula is C23H24N4O2S. The van der Waals surface area contributed by atoms with Gasteiger partial charge < -0.3 is 5.32 Å². The van der Waals surface area contributed by atoms with E-state index in [1.807, 2.05) is 0 Å². The van der Waals surface area contributed by atoms with E-state index in [9.17, 15) is 9.59 Å². The van der Waals surface area contributed by atoms with Gasteiger partial charge in [-0.2, -0.15) is 0 Å². The maximum absolute atomic E-state index is 12.7. The van der Waals surface area contributed by atoms with Gasteiger partial charge in [0.05, 0.1) is 11.3 Å². The van der Waals surface area contributed by atoms with E-state index in [1.54, 1.807) is 53.9 Å². The lowest BCUT2D eigenvalue weighted by Crippen LogP contribution is -2.15. The van der Waals surface area contributed by atoms with E-state index < -0.39 is 0 Å². The second-order valence-corrected chi connectivity index (χ2v) is 8.60. The molecule has 1 aliphatic rings. The van der Waals surface area contributed by atoms with E-state index >= 15 is 0 Å². The molecule has 0 saturated carbocycles. The van der Waals surface area contributed by atoms with Crippen molar-refractivity contribution in [2.45, 2.75) is 39.0 Å². The summed E-state index contributed by atoms with van der Waals surface area (Å²) in [5.41, 5.74) is 2.61. The van der Waals surface area contributed by atoms with Crippen LogP contribution in [0, 0.1) is 5.92 Å². The van der Waals surface area contributed by atoms with Crippen LogP contribution in [0.4, 0.5) is 10.8 Å². The van der Waals surface area contributed by atoms with Crippen LogP contribution in [0.15, 0.2) is 48.8 Å². The van der Waals surface area contributed by atoms with Gasteiger partial charge in [0.15, 0.2) is 5.13 Å². The standard InChI is InChI=1S/C23H24N4O2S/c1-2-5-15-9-10-19-20(12-15)30-23(26-19)27-21(28)16-6-3-8-18(13-16)25-22(29)17-7-4-11-24-14-17/h3-4,6-8,11,13-15H,2,5,9-10,12H2,1H3,(H,25,29)(H,26,27,28)/t15-/m1/s1. The number of hydrogen-bond acceptors (Lipinski definition) is 5.